The molecule has 2 aromatic carbocycles. The third-order valence-electron chi connectivity index (χ3n) is 4.26. The number of carboxylic acid groups (broad SMARTS) is 1. The normalized spacial score (nSPS) is 15.0. The Morgan fingerprint density at radius 1 is 1.17 bits per heavy atom. The maximum Gasteiger partial charge on any atom is 0.266 e. The van der Waals surface area contributed by atoms with Crippen LogP contribution in [0.1, 0.15) is 28.8 Å². The lowest BCUT2D eigenvalue weighted by molar-refractivity contribution is -0.255. The molecule has 6 nitrogen and oxygen atoms in total. The Kier molecular flexibility index (Phi) is 7.25. The molecule has 0 bridgehead atoms. The summed E-state index contributed by atoms with van der Waals surface area (Å²) in [7, 11) is 0. The van der Waals surface area contributed by atoms with Crippen molar-refractivity contribution in [2.24, 2.45) is 0 Å². The topological polar surface area (TPSA) is 89.5 Å². The summed E-state index contributed by atoms with van der Waals surface area (Å²) in [6, 6.07) is 12.9. The average Bonchev–Trinajstić information content (AvgIpc) is 2.97. The molecule has 0 unspecified atom stereocenters. The van der Waals surface area contributed by atoms with Gasteiger partial charge in [0.25, 0.3) is 5.91 Å². The number of amides is 2. The summed E-state index contributed by atoms with van der Waals surface area (Å²) >= 11 is 12.7. The van der Waals surface area contributed by atoms with Gasteiger partial charge < -0.3 is 15.2 Å². The Morgan fingerprint density at radius 2 is 1.87 bits per heavy atom. The first kappa shape index (κ1) is 22.0. The average molecular weight is 460 g/mol. The summed E-state index contributed by atoms with van der Waals surface area (Å²) in [4.78, 5) is 37.5. The number of thiocarbonyl (C=S) groups is 1. The number of carbonyl (C=O) groups is 3. The lowest BCUT2D eigenvalue weighted by atomic mass is 10.2. The standard InChI is InChI=1S/C21H17ClN2O4S2/c22-16-5-2-1-4-14(16)12-17-19(26)24(21(29)30-17)11-3-6-18(25)23-15-9-7-13(8-10-15)20(27)28/h1-2,4-5,7-10,12H,3,6,11H2,(H,23,25)(H,27,28)/p-1/b17-12-. The molecule has 3 rings (SSSR count). The molecule has 0 spiro atoms. The van der Waals surface area contributed by atoms with Gasteiger partial charge in [-0.3, -0.25) is 14.5 Å². The van der Waals surface area contributed by atoms with Gasteiger partial charge in [0.1, 0.15) is 4.32 Å². The van der Waals surface area contributed by atoms with E-state index in [-0.39, 0.29) is 23.8 Å². The minimum Gasteiger partial charge on any atom is -0.545 e. The highest BCUT2D eigenvalue weighted by Gasteiger charge is 2.31. The maximum atomic E-state index is 12.6. The van der Waals surface area contributed by atoms with Crippen molar-refractivity contribution in [1.82, 2.24) is 4.90 Å². The molecule has 1 heterocycles. The molecule has 30 heavy (non-hydrogen) atoms. The summed E-state index contributed by atoms with van der Waals surface area (Å²) in [5.74, 6) is -1.73. The molecule has 0 atom stereocenters. The molecule has 0 saturated carbocycles. The fourth-order valence-corrected chi connectivity index (χ4v) is 4.23. The summed E-state index contributed by atoms with van der Waals surface area (Å²) in [5.41, 5.74) is 1.26. The molecule has 1 N–H and O–H groups in total. The third kappa shape index (κ3) is 5.47. The largest absolute Gasteiger partial charge is 0.545 e. The van der Waals surface area contributed by atoms with Crippen LogP contribution in [-0.2, 0) is 9.59 Å². The van der Waals surface area contributed by atoms with Crippen LogP contribution in [-0.4, -0.2) is 33.5 Å². The lowest BCUT2D eigenvalue weighted by Crippen LogP contribution is -2.29. The summed E-state index contributed by atoms with van der Waals surface area (Å²) in [6.45, 7) is 0.321. The van der Waals surface area contributed by atoms with Crippen LogP contribution >= 0.6 is 35.6 Å². The second kappa shape index (κ2) is 9.88. The second-order valence-electron chi connectivity index (χ2n) is 6.37. The molecule has 1 saturated heterocycles. The molecule has 2 amide bonds. The predicted molar refractivity (Wildman–Crippen MR) is 120 cm³/mol. The molecule has 9 heteroatoms. The van der Waals surface area contributed by atoms with Crippen molar-refractivity contribution in [3.05, 3.63) is 69.6 Å². The van der Waals surface area contributed by atoms with Gasteiger partial charge in [-0.25, -0.2) is 0 Å². The minimum atomic E-state index is -1.28. The molecular weight excluding hydrogens is 444 g/mol. The van der Waals surface area contributed by atoms with E-state index in [4.69, 9.17) is 23.8 Å². The van der Waals surface area contributed by atoms with E-state index >= 15 is 0 Å². The van der Waals surface area contributed by atoms with Gasteiger partial charge in [0, 0.05) is 23.7 Å². The predicted octanol–water partition coefficient (Wildman–Crippen LogP) is 3.32. The number of hydrogen-bond acceptors (Lipinski definition) is 6. The zero-order valence-corrected chi connectivity index (χ0v) is 18.0. The van der Waals surface area contributed by atoms with Crippen LogP contribution in [0.15, 0.2) is 53.4 Å². The summed E-state index contributed by atoms with van der Waals surface area (Å²) in [5, 5.41) is 14.0. The number of carbonyl (C=O) groups excluding carboxylic acids is 3. The van der Waals surface area contributed by atoms with Crippen molar-refractivity contribution in [3.63, 3.8) is 0 Å². The van der Waals surface area contributed by atoms with Crippen LogP contribution in [0.4, 0.5) is 5.69 Å². The van der Waals surface area contributed by atoms with E-state index in [1.807, 2.05) is 18.2 Å². The molecule has 0 aliphatic carbocycles. The van der Waals surface area contributed by atoms with Gasteiger partial charge in [-0.15, -0.1) is 0 Å². The number of anilines is 1. The van der Waals surface area contributed by atoms with Crippen molar-refractivity contribution >= 4 is 69.4 Å². The van der Waals surface area contributed by atoms with E-state index in [1.165, 1.54) is 40.9 Å². The van der Waals surface area contributed by atoms with Gasteiger partial charge in [0.15, 0.2) is 0 Å². The Hall–Kier alpha value is -2.68. The number of nitrogens with one attached hydrogen (secondary N) is 1. The van der Waals surface area contributed by atoms with E-state index in [9.17, 15) is 19.5 Å². The smallest absolute Gasteiger partial charge is 0.266 e. The van der Waals surface area contributed by atoms with E-state index in [2.05, 4.69) is 5.32 Å². The number of hydrogen-bond donors (Lipinski definition) is 1. The number of thioether (sulfide) groups is 1. The summed E-state index contributed by atoms with van der Waals surface area (Å²) < 4.78 is 0.441. The molecule has 0 aromatic heterocycles. The monoisotopic (exact) mass is 459 g/mol. The number of halogens is 1. The van der Waals surface area contributed by atoms with Crippen molar-refractivity contribution in [2.75, 3.05) is 11.9 Å². The van der Waals surface area contributed by atoms with Crippen molar-refractivity contribution < 1.29 is 19.5 Å². The highest BCUT2D eigenvalue weighted by Crippen LogP contribution is 2.33. The van der Waals surface area contributed by atoms with E-state index in [0.717, 1.165) is 5.56 Å². The zero-order chi connectivity index (χ0) is 21.7. The fourth-order valence-electron chi connectivity index (χ4n) is 2.74. The Bertz CT molecular complexity index is 1040. The van der Waals surface area contributed by atoms with Gasteiger partial charge in [-0.1, -0.05) is 65.9 Å². The Morgan fingerprint density at radius 3 is 2.53 bits per heavy atom. The molecule has 1 aliphatic heterocycles. The zero-order valence-electron chi connectivity index (χ0n) is 15.6. The van der Waals surface area contributed by atoms with Gasteiger partial charge in [0.2, 0.25) is 5.91 Å². The van der Waals surface area contributed by atoms with Crippen molar-refractivity contribution in [3.8, 4) is 0 Å². The third-order valence-corrected chi connectivity index (χ3v) is 5.98. The van der Waals surface area contributed by atoms with Crippen LogP contribution in [0, 0.1) is 0 Å². The van der Waals surface area contributed by atoms with Crippen LogP contribution in [0.25, 0.3) is 6.08 Å². The molecule has 1 fully saturated rings. The number of aromatic carboxylic acids is 1. The first-order valence-electron chi connectivity index (χ1n) is 8.96. The molecule has 1 aliphatic rings. The van der Waals surface area contributed by atoms with Crippen molar-refractivity contribution in [1.29, 1.82) is 0 Å². The van der Waals surface area contributed by atoms with Gasteiger partial charge in [-0.05, 0) is 41.8 Å². The Labute approximate surface area is 187 Å². The lowest BCUT2D eigenvalue weighted by Gasteiger charge is -2.14. The highest BCUT2D eigenvalue weighted by molar-refractivity contribution is 8.26. The van der Waals surface area contributed by atoms with Crippen LogP contribution in [0.2, 0.25) is 5.02 Å². The van der Waals surface area contributed by atoms with Gasteiger partial charge in [0.05, 0.1) is 10.9 Å². The first-order valence-corrected chi connectivity index (χ1v) is 10.6. The number of carboxylic acids is 1. The van der Waals surface area contributed by atoms with Gasteiger partial charge in [-0.2, -0.15) is 0 Å². The highest BCUT2D eigenvalue weighted by atomic mass is 35.5. The van der Waals surface area contributed by atoms with E-state index in [1.54, 1.807) is 12.1 Å². The Balaban J connectivity index is 1.52. The molecule has 154 valence electrons. The van der Waals surface area contributed by atoms with Crippen LogP contribution in [0.5, 0.6) is 0 Å². The van der Waals surface area contributed by atoms with Crippen LogP contribution in [0.3, 0.4) is 0 Å². The SMILES string of the molecule is O=C(CCCN1C(=O)/C(=C/c2ccccc2Cl)SC1=S)Nc1ccc(C(=O)[O-])cc1. The second-order valence-corrected chi connectivity index (χ2v) is 8.45. The molecular formula is C21H16ClN2O4S2-. The first-order chi connectivity index (χ1) is 14.3. The van der Waals surface area contributed by atoms with E-state index < -0.39 is 5.97 Å². The number of nitrogens with zero attached hydrogens (tertiary/aromatic N) is 1. The van der Waals surface area contributed by atoms with Gasteiger partial charge >= 0.3 is 0 Å². The van der Waals surface area contributed by atoms with Crippen molar-refractivity contribution in [2.45, 2.75) is 12.8 Å². The molecule has 2 aromatic rings. The van der Waals surface area contributed by atoms with Crippen LogP contribution < -0.4 is 10.4 Å². The fraction of sp³-hybridized carbons (Fsp3) is 0.143. The van der Waals surface area contributed by atoms with E-state index in [0.29, 0.717) is 32.9 Å². The summed E-state index contributed by atoms with van der Waals surface area (Å²) in [6.07, 6.45) is 2.32. The number of rotatable bonds is 7. The maximum absolute atomic E-state index is 12.6. The quantitative estimate of drug-likeness (QED) is 0.504. The molecule has 0 radical (unpaired) electrons. The number of benzene rings is 2. The minimum absolute atomic E-state index is 0.0345.